The lowest BCUT2D eigenvalue weighted by Gasteiger charge is -2.46. The van der Waals surface area contributed by atoms with Crippen LogP contribution in [0.25, 0.3) is 21.5 Å². The van der Waals surface area contributed by atoms with E-state index in [2.05, 4.69) is 89.8 Å². The zero-order valence-electron chi connectivity index (χ0n) is 38.3. The number of rotatable bonds is 6. The van der Waals surface area contributed by atoms with Crippen molar-refractivity contribution < 1.29 is 110 Å². The number of hydrogen-bond acceptors (Lipinski definition) is 0. The minimum atomic E-state index is -6.13. The van der Waals surface area contributed by atoms with Gasteiger partial charge in [0.15, 0.2) is 18.9 Å². The Balaban J connectivity index is 0.000000344. The molecule has 412 valence electrons. The zero-order valence-corrected chi connectivity index (χ0v) is 38.3. The van der Waals surface area contributed by atoms with Crippen LogP contribution in [0.2, 0.25) is 0 Å². The van der Waals surface area contributed by atoms with E-state index in [9.17, 15) is 105 Å². The Labute approximate surface area is 422 Å². The minimum Gasteiger partial charge on any atom is -0.200 e. The largest absolute Gasteiger partial charge is 0.416 e. The van der Waals surface area contributed by atoms with Gasteiger partial charge in [-0.2, -0.15) is 127 Å². The Bertz CT molecular complexity index is 3060. The molecule has 0 aliphatic rings. The van der Waals surface area contributed by atoms with Crippen molar-refractivity contribution in [2.24, 2.45) is 0 Å². The molecular formula is C52H28BF24N. The lowest BCUT2D eigenvalue weighted by Crippen LogP contribution is -2.75. The molecule has 0 bridgehead atoms. The van der Waals surface area contributed by atoms with Crippen LogP contribution in [0.1, 0.15) is 50.1 Å². The second-order valence-corrected chi connectivity index (χ2v) is 17.6. The summed E-state index contributed by atoms with van der Waals surface area (Å²) < 4.78 is 343. The van der Waals surface area contributed by atoms with Crippen LogP contribution in [0.4, 0.5) is 105 Å². The van der Waals surface area contributed by atoms with Crippen LogP contribution in [0.3, 0.4) is 0 Å². The van der Waals surface area contributed by atoms with E-state index in [4.69, 9.17) is 0 Å². The van der Waals surface area contributed by atoms with Gasteiger partial charge in [0.05, 0.1) is 44.5 Å². The Morgan fingerprint density at radius 3 is 0.859 bits per heavy atom. The van der Waals surface area contributed by atoms with E-state index in [-0.39, 0.29) is 0 Å². The third kappa shape index (κ3) is 12.6. The molecule has 0 unspecified atom stereocenters. The first-order chi connectivity index (χ1) is 35.7. The zero-order chi connectivity index (χ0) is 58.0. The lowest BCUT2D eigenvalue weighted by molar-refractivity contribution is -0.686. The smallest absolute Gasteiger partial charge is 0.200 e. The monoisotopic (exact) mass is 1130 g/mol. The molecule has 1 nitrogen and oxygen atoms in total. The van der Waals surface area contributed by atoms with Gasteiger partial charge in [0, 0.05) is 17.0 Å². The summed E-state index contributed by atoms with van der Waals surface area (Å²) in [6.45, 7) is 0.895. The molecule has 26 heteroatoms. The van der Waals surface area contributed by atoms with Gasteiger partial charge in [0.1, 0.15) is 6.15 Å². The predicted octanol–water partition coefficient (Wildman–Crippen LogP) is 15.5. The summed E-state index contributed by atoms with van der Waals surface area (Å²) in [6.07, 6.45) is -50.4. The molecule has 0 spiro atoms. The van der Waals surface area contributed by atoms with Gasteiger partial charge >= 0.3 is 49.4 Å². The third-order valence-corrected chi connectivity index (χ3v) is 12.4. The van der Waals surface area contributed by atoms with Gasteiger partial charge < -0.3 is 0 Å². The second-order valence-electron chi connectivity index (χ2n) is 17.6. The third-order valence-electron chi connectivity index (χ3n) is 12.4. The summed E-state index contributed by atoms with van der Waals surface area (Å²) in [5.41, 5.74) is -28.8. The number of halogens is 24. The fraction of sp³-hybridized carbons (Fsp3) is 0.173. The first-order valence-electron chi connectivity index (χ1n) is 21.9. The van der Waals surface area contributed by atoms with Crippen LogP contribution in [-0.2, 0) is 56.0 Å². The van der Waals surface area contributed by atoms with Crippen molar-refractivity contribution in [3.8, 4) is 0 Å². The maximum Gasteiger partial charge on any atom is 0.416 e. The fourth-order valence-electron chi connectivity index (χ4n) is 8.97. The second kappa shape index (κ2) is 20.1. The van der Waals surface area contributed by atoms with E-state index in [0.29, 0.717) is 0 Å². The molecule has 0 amide bonds. The van der Waals surface area contributed by atoms with Crippen molar-refractivity contribution in [2.75, 3.05) is 0 Å². The summed E-state index contributed by atoms with van der Waals surface area (Å²) in [7, 11) is 0. The highest BCUT2D eigenvalue weighted by molar-refractivity contribution is 7.20. The number of pyridine rings is 1. The van der Waals surface area contributed by atoms with Crippen molar-refractivity contribution in [3.05, 3.63) is 208 Å². The summed E-state index contributed by atoms with van der Waals surface area (Å²) in [4.78, 5) is 0. The Morgan fingerprint density at radius 1 is 0.282 bits per heavy atom. The highest BCUT2D eigenvalue weighted by atomic mass is 19.4. The maximum atomic E-state index is 14.2. The molecule has 1 aromatic heterocycles. The molecule has 7 aromatic carbocycles. The quantitative estimate of drug-likeness (QED) is 0.0888. The van der Waals surface area contributed by atoms with E-state index < -0.39 is 195 Å². The van der Waals surface area contributed by atoms with Crippen molar-refractivity contribution in [2.45, 2.75) is 56.0 Å². The maximum absolute atomic E-state index is 14.2. The number of benzene rings is 7. The molecule has 8 aromatic rings. The van der Waals surface area contributed by atoms with Gasteiger partial charge in [-0.1, -0.05) is 109 Å². The van der Waals surface area contributed by atoms with E-state index in [1.807, 2.05) is 0 Å². The Kier molecular flexibility index (Phi) is 15.0. The molecule has 0 aliphatic carbocycles. The summed E-state index contributed by atoms with van der Waals surface area (Å²) >= 11 is 0. The van der Waals surface area contributed by atoms with E-state index in [1.54, 1.807) is 0 Å². The van der Waals surface area contributed by atoms with Crippen molar-refractivity contribution >= 4 is 49.5 Å². The molecule has 0 aliphatic heterocycles. The van der Waals surface area contributed by atoms with Crippen LogP contribution in [0.5, 0.6) is 0 Å². The molecule has 1 heterocycles. The van der Waals surface area contributed by atoms with E-state index in [1.165, 1.54) is 27.1 Å². The molecule has 0 saturated carbocycles. The van der Waals surface area contributed by atoms with E-state index in [0.717, 1.165) is 6.54 Å². The molecule has 0 fully saturated rings. The van der Waals surface area contributed by atoms with Gasteiger partial charge in [0.25, 0.3) is 0 Å². The number of hydrogen-bond donors (Lipinski definition) is 0. The van der Waals surface area contributed by atoms with Crippen molar-refractivity contribution in [1.29, 1.82) is 0 Å². The van der Waals surface area contributed by atoms with Crippen molar-refractivity contribution in [3.63, 3.8) is 0 Å². The van der Waals surface area contributed by atoms with Gasteiger partial charge in [-0.15, -0.1) is 0 Å². The summed E-state index contributed by atoms with van der Waals surface area (Å²) in [6, 6.07) is 16.9. The highest BCUT2D eigenvalue weighted by Crippen LogP contribution is 2.41. The first-order valence-corrected chi connectivity index (χ1v) is 21.9. The average Bonchev–Trinajstić information content (AvgIpc) is 3.54. The molecular weight excluding hydrogens is 1110 g/mol. The Hall–Kier alpha value is -7.41. The first kappa shape index (κ1) is 58.3. The number of alkyl halides is 24. The van der Waals surface area contributed by atoms with Crippen LogP contribution in [-0.4, -0.2) is 6.15 Å². The molecule has 0 N–H and O–H groups in total. The van der Waals surface area contributed by atoms with Crippen LogP contribution in [0.15, 0.2) is 158 Å². The lowest BCUT2D eigenvalue weighted by atomic mass is 9.12. The van der Waals surface area contributed by atoms with Crippen LogP contribution < -0.4 is 26.4 Å². The van der Waals surface area contributed by atoms with E-state index >= 15 is 0 Å². The molecule has 8 rings (SSSR count). The SMILES string of the molecule is FC(F)(F)c1cc([B-](c2cc(C(F)(F)F)cc(C(F)(F)F)c2)(c2cc(C(F)(F)F)cc(C(F)(F)F)c2)c2cc(C(F)(F)F)cc(C(F)(F)F)c2)cc(C(F)(F)F)c1.c1ccc2c[n+](Cc3cccc4ccccc34)ccc2c1. The average molecular weight is 1130 g/mol. The number of nitrogens with zero attached hydrogens (tertiary/aromatic N) is 1. The van der Waals surface area contributed by atoms with Gasteiger partial charge in [-0.05, 0) is 46.5 Å². The molecule has 0 radical (unpaired) electrons. The van der Waals surface area contributed by atoms with Gasteiger partial charge in [0.2, 0.25) is 0 Å². The fourth-order valence-corrected chi connectivity index (χ4v) is 8.97. The normalized spacial score (nSPS) is 13.4. The number of fused-ring (bicyclic) bond motifs is 2. The summed E-state index contributed by atoms with van der Waals surface area (Å²) in [5, 5.41) is 5.20. The van der Waals surface area contributed by atoms with Crippen LogP contribution >= 0.6 is 0 Å². The highest BCUT2D eigenvalue weighted by Gasteiger charge is 2.47. The summed E-state index contributed by atoms with van der Waals surface area (Å²) in [5.74, 6) is 0. The number of aromatic nitrogens is 1. The molecule has 78 heavy (non-hydrogen) atoms. The standard InChI is InChI=1S/C32H12BF24.C20H16N/c34-25(35,36)13-1-14(26(37,38)39)6-21(5-13)33(22-7-15(27(40,41)42)2-16(8-22)28(43,44)45,23-9-17(29(46,47)48)3-18(10-23)30(49,50)51)24-11-19(31(52,53)54)4-20(12-24)32(55,56)57;1-2-8-18-14-21(13-12-16(18)6-1)15-19-10-5-9-17-7-3-4-11-20(17)19/h1-12H;1-14H,15H2/q-1;+1. The molecule has 0 atom stereocenters. The predicted molar refractivity (Wildman–Crippen MR) is 237 cm³/mol. The molecule has 0 saturated heterocycles. The Morgan fingerprint density at radius 2 is 0.551 bits per heavy atom. The van der Waals surface area contributed by atoms with Gasteiger partial charge in [-0.25, -0.2) is 4.57 Å². The van der Waals surface area contributed by atoms with Crippen molar-refractivity contribution in [1.82, 2.24) is 0 Å². The van der Waals surface area contributed by atoms with Crippen LogP contribution in [0, 0.1) is 0 Å². The van der Waals surface area contributed by atoms with Gasteiger partial charge in [-0.3, -0.25) is 0 Å². The minimum absolute atomic E-state index is 0.691. The topological polar surface area (TPSA) is 3.88 Å².